The van der Waals surface area contributed by atoms with Gasteiger partial charge in [-0.3, -0.25) is 0 Å². The Morgan fingerprint density at radius 1 is 1.00 bits per heavy atom. The third-order valence-electron chi connectivity index (χ3n) is 5.34. The van der Waals surface area contributed by atoms with Gasteiger partial charge in [-0.25, -0.2) is 8.42 Å². The summed E-state index contributed by atoms with van der Waals surface area (Å²) in [6, 6.07) is 11.8. The molecular weight excluding hydrogens is 399 g/mol. The molecule has 150 valence electrons. The van der Waals surface area contributed by atoms with Crippen LogP contribution in [0.15, 0.2) is 47.4 Å². The summed E-state index contributed by atoms with van der Waals surface area (Å²) in [6.07, 6.45) is 0. The van der Waals surface area contributed by atoms with Crippen LogP contribution in [0.3, 0.4) is 0 Å². The maximum absolute atomic E-state index is 12.8. The van der Waals surface area contributed by atoms with Gasteiger partial charge < -0.3 is 14.0 Å². The average Bonchev–Trinajstić information content (AvgIpc) is 2.83. The third-order valence-corrected chi connectivity index (χ3v) is 7.50. The normalized spacial score (nSPS) is 18.3. The van der Waals surface area contributed by atoms with E-state index in [0.717, 1.165) is 5.46 Å². The lowest BCUT2D eigenvalue weighted by Gasteiger charge is -2.32. The zero-order chi connectivity index (χ0) is 20.7. The zero-order valence-corrected chi connectivity index (χ0v) is 18.2. The molecule has 8 heteroatoms. The number of rotatable bonds is 5. The van der Waals surface area contributed by atoms with E-state index in [0.29, 0.717) is 11.3 Å². The van der Waals surface area contributed by atoms with E-state index < -0.39 is 28.2 Å². The highest BCUT2D eigenvalue weighted by Gasteiger charge is 2.51. The van der Waals surface area contributed by atoms with Gasteiger partial charge in [-0.05, 0) is 50.9 Å². The predicted octanol–water partition coefficient (Wildman–Crippen LogP) is 3.62. The first-order valence-electron chi connectivity index (χ1n) is 8.96. The van der Waals surface area contributed by atoms with Crippen molar-refractivity contribution >= 4 is 34.0 Å². The molecule has 0 aromatic heterocycles. The van der Waals surface area contributed by atoms with Gasteiger partial charge in [0.25, 0.3) is 0 Å². The van der Waals surface area contributed by atoms with Crippen molar-refractivity contribution in [2.45, 2.75) is 49.5 Å². The van der Waals surface area contributed by atoms with E-state index >= 15 is 0 Å². The highest BCUT2D eigenvalue weighted by Crippen LogP contribution is 2.36. The van der Waals surface area contributed by atoms with Crippen LogP contribution in [0.2, 0.25) is 5.02 Å². The number of methoxy groups -OCH3 is 1. The van der Waals surface area contributed by atoms with Gasteiger partial charge in [0.1, 0.15) is 5.75 Å². The van der Waals surface area contributed by atoms with Crippen molar-refractivity contribution < 1.29 is 22.5 Å². The molecule has 1 aliphatic rings. The fraction of sp³-hybridized carbons (Fsp3) is 0.400. The number of hydrogen-bond acceptors (Lipinski definition) is 5. The standard InChI is InChI=1S/C20H24BClO5S/c1-19(2)20(3,4)27-21(26-19)15-8-6-14(7-9-15)13-28(23,24)18-12-16(25-5)10-11-17(18)22/h6-12H,13H2,1-5H3. The van der Waals surface area contributed by atoms with Crippen LogP contribution in [-0.4, -0.2) is 33.8 Å². The van der Waals surface area contributed by atoms with E-state index in [-0.39, 0.29) is 15.7 Å². The molecule has 0 unspecified atom stereocenters. The Morgan fingerprint density at radius 3 is 2.11 bits per heavy atom. The number of sulfone groups is 1. The summed E-state index contributed by atoms with van der Waals surface area (Å²) >= 11 is 6.10. The topological polar surface area (TPSA) is 61.8 Å². The van der Waals surface area contributed by atoms with Gasteiger partial charge in [-0.1, -0.05) is 35.9 Å². The SMILES string of the molecule is COc1ccc(Cl)c(S(=O)(=O)Cc2ccc(B3OC(C)(C)C(C)(C)O3)cc2)c1. The molecule has 0 radical (unpaired) electrons. The summed E-state index contributed by atoms with van der Waals surface area (Å²) in [5.74, 6) is 0.280. The van der Waals surface area contributed by atoms with Crippen molar-refractivity contribution in [3.63, 3.8) is 0 Å². The maximum Gasteiger partial charge on any atom is 0.494 e. The summed E-state index contributed by atoms with van der Waals surface area (Å²) in [5.41, 5.74) is 0.643. The van der Waals surface area contributed by atoms with E-state index in [1.807, 2.05) is 39.8 Å². The van der Waals surface area contributed by atoms with E-state index in [4.69, 9.17) is 25.6 Å². The van der Waals surface area contributed by atoms with Crippen LogP contribution in [-0.2, 0) is 24.9 Å². The van der Waals surface area contributed by atoms with Gasteiger partial charge in [0.05, 0.1) is 34.0 Å². The quantitative estimate of drug-likeness (QED) is 0.689. The smallest absolute Gasteiger partial charge is 0.494 e. The minimum atomic E-state index is -3.62. The van der Waals surface area contributed by atoms with Crippen LogP contribution in [0.4, 0.5) is 0 Å². The first kappa shape index (κ1) is 21.2. The number of hydrogen-bond donors (Lipinski definition) is 0. The lowest BCUT2D eigenvalue weighted by atomic mass is 9.79. The molecule has 2 aromatic rings. The Morgan fingerprint density at radius 2 is 1.57 bits per heavy atom. The highest BCUT2D eigenvalue weighted by atomic mass is 35.5. The van der Waals surface area contributed by atoms with Crippen LogP contribution in [0.25, 0.3) is 0 Å². The molecule has 2 aromatic carbocycles. The lowest BCUT2D eigenvalue weighted by Crippen LogP contribution is -2.41. The molecule has 0 amide bonds. The van der Waals surface area contributed by atoms with E-state index in [1.165, 1.54) is 19.2 Å². The molecule has 1 aliphatic heterocycles. The van der Waals surface area contributed by atoms with E-state index in [1.54, 1.807) is 18.2 Å². The van der Waals surface area contributed by atoms with Crippen molar-refractivity contribution in [2.24, 2.45) is 0 Å². The Kier molecular flexibility index (Phi) is 5.58. The minimum absolute atomic E-state index is 0.0588. The molecule has 1 fully saturated rings. The molecule has 1 saturated heterocycles. The third kappa shape index (κ3) is 4.08. The maximum atomic E-state index is 12.8. The molecule has 0 spiro atoms. The van der Waals surface area contributed by atoms with Gasteiger partial charge in [-0.15, -0.1) is 0 Å². The Balaban J connectivity index is 1.80. The van der Waals surface area contributed by atoms with Crippen molar-refractivity contribution in [2.75, 3.05) is 7.11 Å². The summed E-state index contributed by atoms with van der Waals surface area (Å²) in [7, 11) is -2.62. The first-order chi connectivity index (χ1) is 12.9. The highest BCUT2D eigenvalue weighted by molar-refractivity contribution is 7.90. The Labute approximate surface area is 172 Å². The van der Waals surface area contributed by atoms with E-state index in [2.05, 4.69) is 0 Å². The molecule has 0 saturated carbocycles. The average molecular weight is 423 g/mol. The summed E-state index contributed by atoms with van der Waals surface area (Å²) in [5, 5.41) is 0.176. The Hall–Kier alpha value is -1.54. The molecule has 28 heavy (non-hydrogen) atoms. The summed E-state index contributed by atoms with van der Waals surface area (Å²) in [6.45, 7) is 7.97. The minimum Gasteiger partial charge on any atom is -0.497 e. The van der Waals surface area contributed by atoms with Gasteiger partial charge in [0, 0.05) is 6.07 Å². The second-order valence-corrected chi connectivity index (χ2v) is 10.3. The van der Waals surface area contributed by atoms with Crippen LogP contribution < -0.4 is 10.2 Å². The number of halogens is 1. The molecule has 0 bridgehead atoms. The molecule has 0 atom stereocenters. The summed E-state index contributed by atoms with van der Waals surface area (Å²) in [4.78, 5) is 0.0588. The Bertz CT molecular complexity index is 955. The second kappa shape index (κ2) is 7.37. The van der Waals surface area contributed by atoms with Crippen molar-refractivity contribution in [1.29, 1.82) is 0 Å². The van der Waals surface area contributed by atoms with Crippen LogP contribution in [0, 0.1) is 0 Å². The van der Waals surface area contributed by atoms with Gasteiger partial charge in [-0.2, -0.15) is 0 Å². The largest absolute Gasteiger partial charge is 0.497 e. The van der Waals surface area contributed by atoms with Crippen molar-refractivity contribution in [3.05, 3.63) is 53.1 Å². The molecule has 0 aliphatic carbocycles. The molecule has 5 nitrogen and oxygen atoms in total. The van der Waals surface area contributed by atoms with Crippen LogP contribution >= 0.6 is 11.6 Å². The predicted molar refractivity (Wildman–Crippen MR) is 111 cm³/mol. The van der Waals surface area contributed by atoms with Gasteiger partial charge >= 0.3 is 7.12 Å². The fourth-order valence-electron chi connectivity index (χ4n) is 2.90. The van der Waals surface area contributed by atoms with Crippen LogP contribution in [0.1, 0.15) is 33.3 Å². The fourth-order valence-corrected chi connectivity index (χ4v) is 4.81. The first-order valence-corrected chi connectivity index (χ1v) is 11.0. The zero-order valence-electron chi connectivity index (χ0n) is 16.7. The second-order valence-electron chi connectivity index (χ2n) is 7.89. The van der Waals surface area contributed by atoms with Crippen molar-refractivity contribution in [1.82, 2.24) is 0 Å². The van der Waals surface area contributed by atoms with Gasteiger partial charge in [0.2, 0.25) is 0 Å². The molecule has 1 heterocycles. The van der Waals surface area contributed by atoms with E-state index in [9.17, 15) is 8.42 Å². The number of benzene rings is 2. The van der Waals surface area contributed by atoms with Gasteiger partial charge in [0.15, 0.2) is 9.84 Å². The van der Waals surface area contributed by atoms with Crippen molar-refractivity contribution in [3.8, 4) is 5.75 Å². The molecule has 0 N–H and O–H groups in total. The summed E-state index contributed by atoms with van der Waals surface area (Å²) < 4.78 is 42.8. The molecular formula is C20H24BClO5S. The molecule has 3 rings (SSSR count). The van der Waals surface area contributed by atoms with Crippen LogP contribution in [0.5, 0.6) is 5.75 Å². The monoisotopic (exact) mass is 422 g/mol. The lowest BCUT2D eigenvalue weighted by molar-refractivity contribution is 0.00578. The number of ether oxygens (including phenoxy) is 1.